The number of anilines is 1. The van der Waals surface area contributed by atoms with Crippen LogP contribution in [-0.4, -0.2) is 18.2 Å². The van der Waals surface area contributed by atoms with E-state index in [2.05, 4.69) is 10.5 Å². The van der Waals surface area contributed by atoms with Crippen molar-refractivity contribution in [1.82, 2.24) is 0 Å². The van der Waals surface area contributed by atoms with Crippen LogP contribution in [-0.2, 0) is 6.54 Å². The Morgan fingerprint density at radius 1 is 1.15 bits per heavy atom. The molecule has 2 aromatic carbocycles. The predicted molar refractivity (Wildman–Crippen MR) is 79.3 cm³/mol. The molecule has 0 amide bonds. The summed E-state index contributed by atoms with van der Waals surface area (Å²) in [6.45, 7) is 0.697. The Kier molecular flexibility index (Phi) is 4.44. The van der Waals surface area contributed by atoms with Gasteiger partial charge in [0.15, 0.2) is 5.84 Å². The molecule has 0 saturated carbocycles. The molecule has 5 heteroatoms. The van der Waals surface area contributed by atoms with Crippen molar-refractivity contribution in [1.29, 1.82) is 0 Å². The van der Waals surface area contributed by atoms with E-state index < -0.39 is 0 Å². The Hall–Kier alpha value is -2.69. The minimum Gasteiger partial charge on any atom is -0.497 e. The number of amidine groups is 1. The maximum absolute atomic E-state index is 8.59. The van der Waals surface area contributed by atoms with Gasteiger partial charge in [-0.25, -0.2) is 0 Å². The van der Waals surface area contributed by atoms with Crippen LogP contribution in [0.2, 0.25) is 0 Å². The zero-order valence-corrected chi connectivity index (χ0v) is 11.2. The fourth-order valence-electron chi connectivity index (χ4n) is 1.76. The lowest BCUT2D eigenvalue weighted by molar-refractivity contribution is 0.318. The second kappa shape index (κ2) is 6.47. The Morgan fingerprint density at radius 3 is 2.35 bits per heavy atom. The largest absolute Gasteiger partial charge is 0.497 e. The topological polar surface area (TPSA) is 79.9 Å². The highest BCUT2D eigenvalue weighted by Gasteiger charge is 1.99. The number of nitrogens with two attached hydrogens (primary N) is 1. The summed E-state index contributed by atoms with van der Waals surface area (Å²) in [6, 6.07) is 15.2. The fraction of sp³-hybridized carbons (Fsp3) is 0.133. The van der Waals surface area contributed by atoms with Gasteiger partial charge in [-0.2, -0.15) is 0 Å². The lowest BCUT2D eigenvalue weighted by Gasteiger charge is -2.08. The number of nitrogens with zero attached hydrogens (tertiary/aromatic N) is 1. The van der Waals surface area contributed by atoms with E-state index in [-0.39, 0.29) is 5.84 Å². The second-order valence-corrected chi connectivity index (χ2v) is 4.26. The first kappa shape index (κ1) is 13.7. The van der Waals surface area contributed by atoms with Crippen molar-refractivity contribution in [3.05, 3.63) is 59.7 Å². The molecule has 4 N–H and O–H groups in total. The van der Waals surface area contributed by atoms with Crippen LogP contribution in [0.1, 0.15) is 11.1 Å². The van der Waals surface area contributed by atoms with Crippen LogP contribution in [0.15, 0.2) is 53.7 Å². The molecule has 0 radical (unpaired) electrons. The summed E-state index contributed by atoms with van der Waals surface area (Å²) in [5.74, 6) is 0.943. The van der Waals surface area contributed by atoms with Gasteiger partial charge in [0.25, 0.3) is 0 Å². The van der Waals surface area contributed by atoms with Gasteiger partial charge < -0.3 is 21.0 Å². The van der Waals surface area contributed by atoms with Crippen molar-refractivity contribution >= 4 is 11.5 Å². The summed E-state index contributed by atoms with van der Waals surface area (Å²) in [4.78, 5) is 0. The number of oxime groups is 1. The summed E-state index contributed by atoms with van der Waals surface area (Å²) >= 11 is 0. The van der Waals surface area contributed by atoms with Crippen LogP contribution >= 0.6 is 0 Å². The molecule has 0 fully saturated rings. The maximum Gasteiger partial charge on any atom is 0.170 e. The third-order valence-electron chi connectivity index (χ3n) is 2.94. The van der Waals surface area contributed by atoms with E-state index in [0.717, 1.165) is 17.0 Å². The number of methoxy groups -OCH3 is 1. The van der Waals surface area contributed by atoms with Gasteiger partial charge in [-0.05, 0) is 29.8 Å². The van der Waals surface area contributed by atoms with Crippen LogP contribution in [0, 0.1) is 0 Å². The summed E-state index contributed by atoms with van der Waals surface area (Å²) in [6.07, 6.45) is 0. The molecule has 0 aliphatic rings. The summed E-state index contributed by atoms with van der Waals surface area (Å²) in [5.41, 5.74) is 8.33. The van der Waals surface area contributed by atoms with E-state index in [1.165, 1.54) is 0 Å². The highest BCUT2D eigenvalue weighted by molar-refractivity contribution is 5.96. The predicted octanol–water partition coefficient (Wildman–Crippen LogP) is 2.40. The molecule has 5 nitrogen and oxygen atoms in total. The quantitative estimate of drug-likeness (QED) is 0.337. The third-order valence-corrected chi connectivity index (χ3v) is 2.94. The highest BCUT2D eigenvalue weighted by Crippen LogP contribution is 2.16. The SMILES string of the molecule is COc1ccc(NCc2ccc(C(N)=NO)cc2)cc1. The standard InChI is InChI=1S/C15H17N3O2/c1-20-14-8-6-13(7-9-14)17-10-11-2-4-12(5-3-11)15(16)18-19/h2-9,17,19H,10H2,1H3,(H2,16,18). The average molecular weight is 271 g/mol. The fourth-order valence-corrected chi connectivity index (χ4v) is 1.76. The minimum atomic E-state index is 0.111. The second-order valence-electron chi connectivity index (χ2n) is 4.26. The van der Waals surface area contributed by atoms with Crippen molar-refractivity contribution in [2.75, 3.05) is 12.4 Å². The molecule has 2 rings (SSSR count). The van der Waals surface area contributed by atoms with Gasteiger partial charge in [0, 0.05) is 17.8 Å². The molecule has 0 unspecified atom stereocenters. The van der Waals surface area contributed by atoms with E-state index in [0.29, 0.717) is 12.1 Å². The molecule has 0 aliphatic carbocycles. The van der Waals surface area contributed by atoms with E-state index in [1.54, 1.807) is 7.11 Å². The van der Waals surface area contributed by atoms with Gasteiger partial charge in [-0.1, -0.05) is 29.4 Å². The van der Waals surface area contributed by atoms with Gasteiger partial charge in [0.1, 0.15) is 5.75 Å². The van der Waals surface area contributed by atoms with Crippen molar-refractivity contribution in [3.8, 4) is 5.75 Å². The van der Waals surface area contributed by atoms with Crippen LogP contribution in [0.3, 0.4) is 0 Å². The summed E-state index contributed by atoms with van der Waals surface area (Å²) in [7, 11) is 1.64. The first-order chi connectivity index (χ1) is 9.72. The summed E-state index contributed by atoms with van der Waals surface area (Å²) in [5, 5.41) is 14.9. The molecule has 104 valence electrons. The van der Waals surface area contributed by atoms with Crippen molar-refractivity contribution in [3.63, 3.8) is 0 Å². The number of hydrogen-bond acceptors (Lipinski definition) is 4. The highest BCUT2D eigenvalue weighted by atomic mass is 16.5. The molecule has 0 aliphatic heterocycles. The van der Waals surface area contributed by atoms with Crippen LogP contribution in [0.5, 0.6) is 5.75 Å². The van der Waals surface area contributed by atoms with Gasteiger partial charge in [-0.15, -0.1) is 0 Å². The number of nitrogens with one attached hydrogen (secondary N) is 1. The van der Waals surface area contributed by atoms with Crippen LogP contribution in [0.4, 0.5) is 5.69 Å². The van der Waals surface area contributed by atoms with E-state index >= 15 is 0 Å². The normalized spacial score (nSPS) is 11.2. The van der Waals surface area contributed by atoms with Gasteiger partial charge in [0.2, 0.25) is 0 Å². The molecule has 0 bridgehead atoms. The molecule has 0 saturated heterocycles. The van der Waals surface area contributed by atoms with E-state index in [1.807, 2.05) is 48.5 Å². The first-order valence-corrected chi connectivity index (χ1v) is 6.17. The van der Waals surface area contributed by atoms with Crippen molar-refractivity contribution in [2.24, 2.45) is 10.9 Å². The average Bonchev–Trinajstić information content (AvgIpc) is 2.53. The van der Waals surface area contributed by atoms with Crippen LogP contribution in [0.25, 0.3) is 0 Å². The van der Waals surface area contributed by atoms with Crippen LogP contribution < -0.4 is 15.8 Å². The molecular formula is C15H17N3O2. The summed E-state index contributed by atoms with van der Waals surface area (Å²) < 4.78 is 5.11. The molecule has 2 aromatic rings. The lowest BCUT2D eigenvalue weighted by atomic mass is 10.1. The molecule has 20 heavy (non-hydrogen) atoms. The number of rotatable bonds is 5. The zero-order chi connectivity index (χ0) is 14.4. The molecular weight excluding hydrogens is 254 g/mol. The van der Waals surface area contributed by atoms with Gasteiger partial charge in [-0.3, -0.25) is 0 Å². The Labute approximate surface area is 117 Å². The van der Waals surface area contributed by atoms with Gasteiger partial charge >= 0.3 is 0 Å². The monoisotopic (exact) mass is 271 g/mol. The Bertz CT molecular complexity index is 577. The third kappa shape index (κ3) is 3.41. The number of hydrogen-bond donors (Lipinski definition) is 3. The minimum absolute atomic E-state index is 0.111. The Morgan fingerprint density at radius 2 is 1.80 bits per heavy atom. The molecule has 0 spiro atoms. The molecule has 0 heterocycles. The maximum atomic E-state index is 8.59. The number of ether oxygens (including phenoxy) is 1. The zero-order valence-electron chi connectivity index (χ0n) is 11.2. The van der Waals surface area contributed by atoms with Crippen molar-refractivity contribution in [2.45, 2.75) is 6.54 Å². The van der Waals surface area contributed by atoms with Crippen molar-refractivity contribution < 1.29 is 9.94 Å². The smallest absolute Gasteiger partial charge is 0.170 e. The first-order valence-electron chi connectivity index (χ1n) is 6.17. The molecule has 0 aromatic heterocycles. The van der Waals surface area contributed by atoms with Gasteiger partial charge in [0.05, 0.1) is 7.11 Å². The Balaban J connectivity index is 1.96. The molecule has 0 atom stereocenters. The number of benzene rings is 2. The van der Waals surface area contributed by atoms with E-state index in [4.69, 9.17) is 15.7 Å². The van der Waals surface area contributed by atoms with E-state index in [9.17, 15) is 0 Å². The lowest BCUT2D eigenvalue weighted by Crippen LogP contribution is -2.12.